The van der Waals surface area contributed by atoms with E-state index in [0.717, 1.165) is 63.6 Å². The van der Waals surface area contributed by atoms with Crippen molar-refractivity contribution in [2.45, 2.75) is 70.3 Å². The van der Waals surface area contributed by atoms with E-state index in [1.54, 1.807) is 0 Å². The fourth-order valence-electron chi connectivity index (χ4n) is 5.00. The second-order valence-corrected chi connectivity index (χ2v) is 13.7. The Labute approximate surface area is 247 Å². The van der Waals surface area contributed by atoms with Crippen LogP contribution in [-0.4, -0.2) is 43.4 Å². The molecular weight excluding hydrogens is 550 g/mol. The standard InChI is InChI=1S/C32H33N5O4S/c1-31(2,3)26-16-22(36-41-26)15-23(38)14-19-4-6-20(7-5-19)24-17-37-25-10-11-27(34-29(25)42-30(37)33-24)40-18-32(12-13-32)35-28(39)21-8-9-21/h4-7,10-11,16-17,21H,8-9,12-15,18H2,1-3H3,(H,35,39). The average Bonchev–Trinajstić information content (AvgIpc) is 3.81. The van der Waals surface area contributed by atoms with Crippen LogP contribution in [0.3, 0.4) is 0 Å². The summed E-state index contributed by atoms with van der Waals surface area (Å²) in [4.78, 5) is 36.1. The number of nitrogens with zero attached hydrogens (tertiary/aromatic N) is 4. The molecule has 216 valence electrons. The van der Waals surface area contributed by atoms with Crippen molar-refractivity contribution in [2.24, 2.45) is 5.92 Å². The lowest BCUT2D eigenvalue weighted by molar-refractivity contribution is -0.123. The average molecular weight is 584 g/mol. The van der Waals surface area contributed by atoms with Crippen LogP contribution in [0.5, 0.6) is 5.88 Å². The number of benzene rings is 1. The summed E-state index contributed by atoms with van der Waals surface area (Å²) < 4.78 is 13.5. The maximum Gasteiger partial charge on any atom is 0.223 e. The Morgan fingerprint density at radius 3 is 2.57 bits per heavy atom. The first kappa shape index (κ1) is 26.8. The largest absolute Gasteiger partial charge is 0.475 e. The van der Waals surface area contributed by atoms with Gasteiger partial charge in [-0.2, -0.15) is 0 Å². The molecule has 0 spiro atoms. The molecular formula is C32H33N5O4S. The molecule has 10 heteroatoms. The summed E-state index contributed by atoms with van der Waals surface area (Å²) in [6.07, 6.45) is 6.50. The molecule has 0 bridgehead atoms. The fourth-order valence-corrected chi connectivity index (χ4v) is 5.97. The maximum atomic E-state index is 12.7. The van der Waals surface area contributed by atoms with Crippen LogP contribution < -0.4 is 10.1 Å². The zero-order valence-electron chi connectivity index (χ0n) is 24.0. The third-order valence-electron chi connectivity index (χ3n) is 7.95. The third-order valence-corrected chi connectivity index (χ3v) is 8.91. The van der Waals surface area contributed by atoms with Gasteiger partial charge in [0.25, 0.3) is 0 Å². The number of pyridine rings is 1. The minimum atomic E-state index is -0.231. The van der Waals surface area contributed by atoms with Crippen LogP contribution in [0.4, 0.5) is 0 Å². The Bertz CT molecular complexity index is 1800. The van der Waals surface area contributed by atoms with E-state index in [-0.39, 0.29) is 35.0 Å². The van der Waals surface area contributed by atoms with E-state index < -0.39 is 0 Å². The highest BCUT2D eigenvalue weighted by Gasteiger charge is 2.47. The van der Waals surface area contributed by atoms with Crippen molar-refractivity contribution in [3.05, 3.63) is 65.7 Å². The van der Waals surface area contributed by atoms with E-state index in [2.05, 4.69) is 31.2 Å². The highest BCUT2D eigenvalue weighted by Crippen LogP contribution is 2.39. The molecule has 0 radical (unpaired) electrons. The number of fused-ring (bicyclic) bond motifs is 3. The van der Waals surface area contributed by atoms with Crippen LogP contribution in [0, 0.1) is 5.92 Å². The highest BCUT2D eigenvalue weighted by molar-refractivity contribution is 7.23. The molecule has 7 rings (SSSR count). The van der Waals surface area contributed by atoms with Gasteiger partial charge < -0.3 is 14.6 Å². The van der Waals surface area contributed by atoms with Crippen molar-refractivity contribution in [3.63, 3.8) is 0 Å². The van der Waals surface area contributed by atoms with Crippen molar-refractivity contribution in [2.75, 3.05) is 6.61 Å². The van der Waals surface area contributed by atoms with Crippen LogP contribution in [0.25, 0.3) is 26.6 Å². The minimum Gasteiger partial charge on any atom is -0.475 e. The second-order valence-electron chi connectivity index (χ2n) is 12.7. The molecule has 0 aliphatic heterocycles. The van der Waals surface area contributed by atoms with Gasteiger partial charge in [0.05, 0.1) is 28.9 Å². The van der Waals surface area contributed by atoms with Gasteiger partial charge in [-0.05, 0) is 37.3 Å². The first-order valence-electron chi connectivity index (χ1n) is 14.4. The highest BCUT2D eigenvalue weighted by atomic mass is 32.1. The predicted octanol–water partition coefficient (Wildman–Crippen LogP) is 5.69. The summed E-state index contributed by atoms with van der Waals surface area (Å²) in [7, 11) is 0. The Morgan fingerprint density at radius 2 is 1.88 bits per heavy atom. The van der Waals surface area contributed by atoms with Crippen LogP contribution in [0.2, 0.25) is 0 Å². The molecule has 9 nitrogen and oxygen atoms in total. The van der Waals surface area contributed by atoms with Crippen molar-refractivity contribution < 1.29 is 18.8 Å². The van der Waals surface area contributed by atoms with Gasteiger partial charge >= 0.3 is 0 Å². The Morgan fingerprint density at radius 1 is 1.10 bits per heavy atom. The molecule has 1 N–H and O–H groups in total. The number of ether oxygens (including phenoxy) is 1. The lowest BCUT2D eigenvalue weighted by atomic mass is 9.93. The lowest BCUT2D eigenvalue weighted by Gasteiger charge is -2.17. The number of hydrogen-bond acceptors (Lipinski definition) is 8. The number of imidazole rings is 1. The number of carbonyl (C=O) groups is 2. The predicted molar refractivity (Wildman–Crippen MR) is 160 cm³/mol. The topological polar surface area (TPSA) is 112 Å². The summed E-state index contributed by atoms with van der Waals surface area (Å²) in [5, 5.41) is 7.24. The lowest BCUT2D eigenvalue weighted by Crippen LogP contribution is -2.42. The van der Waals surface area contributed by atoms with Gasteiger partial charge in [-0.15, -0.1) is 0 Å². The van der Waals surface area contributed by atoms with E-state index >= 15 is 0 Å². The van der Waals surface area contributed by atoms with Gasteiger partial charge in [-0.3, -0.25) is 14.0 Å². The zero-order chi connectivity index (χ0) is 29.1. The molecule has 0 saturated heterocycles. The first-order valence-corrected chi connectivity index (χ1v) is 15.3. The molecule has 2 saturated carbocycles. The van der Waals surface area contributed by atoms with Crippen LogP contribution >= 0.6 is 11.3 Å². The second kappa shape index (κ2) is 10.0. The molecule has 0 atom stereocenters. The van der Waals surface area contributed by atoms with Gasteiger partial charge in [-0.1, -0.05) is 61.5 Å². The summed E-state index contributed by atoms with van der Waals surface area (Å²) >= 11 is 1.51. The molecule has 0 unspecified atom stereocenters. The fraction of sp³-hybridized carbons (Fsp3) is 0.406. The minimum absolute atomic E-state index is 0.0941. The summed E-state index contributed by atoms with van der Waals surface area (Å²) in [5.41, 5.74) is 4.06. The summed E-state index contributed by atoms with van der Waals surface area (Å²) in [6, 6.07) is 13.7. The number of hydrogen-bond donors (Lipinski definition) is 1. The monoisotopic (exact) mass is 583 g/mol. The van der Waals surface area contributed by atoms with Gasteiger partial charge in [0, 0.05) is 41.6 Å². The van der Waals surface area contributed by atoms with Gasteiger partial charge in [0.1, 0.15) is 23.0 Å². The number of nitrogens with one attached hydrogen (secondary N) is 1. The van der Waals surface area contributed by atoms with Gasteiger partial charge in [0.15, 0.2) is 4.96 Å². The van der Waals surface area contributed by atoms with Crippen molar-refractivity contribution in [3.8, 4) is 17.1 Å². The molecule has 1 aromatic carbocycles. The van der Waals surface area contributed by atoms with Crippen molar-refractivity contribution in [1.82, 2.24) is 24.8 Å². The van der Waals surface area contributed by atoms with E-state index in [0.29, 0.717) is 24.6 Å². The molecule has 4 aromatic heterocycles. The van der Waals surface area contributed by atoms with Crippen molar-refractivity contribution in [1.29, 1.82) is 0 Å². The smallest absolute Gasteiger partial charge is 0.223 e. The van der Waals surface area contributed by atoms with Crippen LogP contribution in [0.15, 0.2) is 53.2 Å². The number of rotatable bonds is 10. The molecule has 2 aliphatic carbocycles. The van der Waals surface area contributed by atoms with E-state index in [1.807, 2.05) is 53.1 Å². The Balaban J connectivity index is 0.990. The Kier molecular flexibility index (Phi) is 6.42. The van der Waals surface area contributed by atoms with Gasteiger partial charge in [0.2, 0.25) is 11.8 Å². The number of amides is 1. The first-order chi connectivity index (χ1) is 20.1. The molecule has 42 heavy (non-hydrogen) atoms. The van der Waals surface area contributed by atoms with Gasteiger partial charge in [-0.25, -0.2) is 9.97 Å². The molecule has 1 amide bonds. The zero-order valence-corrected chi connectivity index (χ0v) is 24.8. The maximum absolute atomic E-state index is 12.7. The molecule has 5 aromatic rings. The van der Waals surface area contributed by atoms with Crippen molar-refractivity contribution >= 4 is 38.3 Å². The molecule has 2 fully saturated rings. The number of aromatic nitrogens is 4. The number of carbonyl (C=O) groups excluding carboxylic acids is 2. The summed E-state index contributed by atoms with van der Waals surface area (Å²) in [6.45, 7) is 6.61. The normalized spacial score (nSPS) is 16.2. The van der Waals surface area contributed by atoms with Crippen LogP contribution in [0.1, 0.15) is 63.5 Å². The third kappa shape index (κ3) is 5.55. The quantitative estimate of drug-likeness (QED) is 0.225. The number of thiazole rings is 1. The Hall–Kier alpha value is -4.05. The molecule has 2 aliphatic rings. The number of ketones is 1. The van der Waals surface area contributed by atoms with E-state index in [9.17, 15) is 9.59 Å². The van der Waals surface area contributed by atoms with E-state index in [4.69, 9.17) is 19.2 Å². The number of Topliss-reactive ketones (excluding diaryl/α,β-unsaturated/α-hetero) is 1. The summed E-state index contributed by atoms with van der Waals surface area (Å²) in [5.74, 6) is 1.79. The SMILES string of the molecule is CC(C)(C)c1cc(CC(=O)Cc2ccc(-c3cn4c(n3)sc3nc(OCC5(NC(=O)C6CC6)CC5)ccc34)cc2)no1. The molecule has 4 heterocycles. The van der Waals surface area contributed by atoms with Crippen LogP contribution in [-0.2, 0) is 27.8 Å². The van der Waals surface area contributed by atoms with E-state index in [1.165, 1.54) is 11.3 Å².